The second-order valence-electron chi connectivity index (χ2n) is 4.95. The molecule has 102 valence electrons. The molecule has 0 aromatic heterocycles. The van der Waals surface area contributed by atoms with Crippen LogP contribution in [0.3, 0.4) is 0 Å². The first-order chi connectivity index (χ1) is 8.92. The maximum absolute atomic E-state index is 13.8. The van der Waals surface area contributed by atoms with Crippen LogP contribution in [0.4, 0.5) is 4.39 Å². The van der Waals surface area contributed by atoms with Gasteiger partial charge in [0.1, 0.15) is 5.82 Å². The lowest BCUT2D eigenvalue weighted by molar-refractivity contribution is -0.119. The zero-order chi connectivity index (χ0) is 14.4. The number of rotatable bonds is 6. The van der Waals surface area contributed by atoms with Gasteiger partial charge in [-0.2, -0.15) is 5.26 Å². The molecule has 0 aliphatic rings. The SMILES string of the molecule is CC(C)CN(CC(N)=O)Cc1ccc(C#N)cc1F. The van der Waals surface area contributed by atoms with E-state index in [2.05, 4.69) is 0 Å². The number of nitrogens with zero attached hydrogens (tertiary/aromatic N) is 2. The van der Waals surface area contributed by atoms with E-state index in [-0.39, 0.29) is 12.1 Å². The van der Waals surface area contributed by atoms with Crippen LogP contribution in [0.1, 0.15) is 25.0 Å². The van der Waals surface area contributed by atoms with Gasteiger partial charge in [0.25, 0.3) is 0 Å². The topological polar surface area (TPSA) is 70.1 Å². The van der Waals surface area contributed by atoms with Crippen LogP contribution in [0.2, 0.25) is 0 Å². The molecule has 1 aromatic carbocycles. The van der Waals surface area contributed by atoms with Crippen LogP contribution in [0.15, 0.2) is 18.2 Å². The van der Waals surface area contributed by atoms with Gasteiger partial charge in [0, 0.05) is 18.7 Å². The van der Waals surface area contributed by atoms with Crippen LogP contribution in [-0.4, -0.2) is 23.9 Å². The number of benzene rings is 1. The summed E-state index contributed by atoms with van der Waals surface area (Å²) in [6, 6.07) is 6.22. The molecule has 0 aliphatic heterocycles. The normalized spacial score (nSPS) is 10.7. The summed E-state index contributed by atoms with van der Waals surface area (Å²) >= 11 is 0. The highest BCUT2D eigenvalue weighted by molar-refractivity contribution is 5.75. The summed E-state index contributed by atoms with van der Waals surface area (Å²) in [5.74, 6) is -0.521. The lowest BCUT2D eigenvalue weighted by Crippen LogP contribution is -2.36. The van der Waals surface area contributed by atoms with Crippen LogP contribution in [0.25, 0.3) is 0 Å². The molecule has 0 bridgehead atoms. The lowest BCUT2D eigenvalue weighted by Gasteiger charge is -2.23. The Kier molecular flexibility index (Phi) is 5.46. The molecule has 1 aromatic rings. The van der Waals surface area contributed by atoms with E-state index in [9.17, 15) is 9.18 Å². The standard InChI is InChI=1S/C14H18FN3O/c1-10(2)7-18(9-14(17)19)8-12-4-3-11(6-16)5-13(12)15/h3-5,10H,7-9H2,1-2H3,(H2,17,19). The van der Waals surface area contributed by atoms with E-state index in [4.69, 9.17) is 11.0 Å². The third kappa shape index (κ3) is 5.06. The molecule has 0 aliphatic carbocycles. The highest BCUT2D eigenvalue weighted by Gasteiger charge is 2.13. The summed E-state index contributed by atoms with van der Waals surface area (Å²) in [4.78, 5) is 12.8. The molecule has 0 atom stereocenters. The Bertz CT molecular complexity index is 494. The second kappa shape index (κ2) is 6.86. The molecule has 0 fully saturated rings. The van der Waals surface area contributed by atoms with E-state index in [1.54, 1.807) is 17.0 Å². The van der Waals surface area contributed by atoms with Crippen molar-refractivity contribution < 1.29 is 9.18 Å². The fourth-order valence-corrected chi connectivity index (χ4v) is 1.91. The predicted octanol–water partition coefficient (Wildman–Crippen LogP) is 1.64. The molecule has 0 heterocycles. The van der Waals surface area contributed by atoms with Gasteiger partial charge in [-0.05, 0) is 18.1 Å². The molecule has 0 spiro atoms. The van der Waals surface area contributed by atoms with Crippen molar-refractivity contribution >= 4 is 5.91 Å². The Balaban J connectivity index is 2.83. The van der Waals surface area contributed by atoms with Gasteiger partial charge in [-0.15, -0.1) is 0 Å². The Hall–Kier alpha value is -1.93. The van der Waals surface area contributed by atoms with Gasteiger partial charge in [-0.1, -0.05) is 19.9 Å². The molecule has 0 unspecified atom stereocenters. The highest BCUT2D eigenvalue weighted by Crippen LogP contribution is 2.13. The maximum atomic E-state index is 13.8. The number of nitriles is 1. The van der Waals surface area contributed by atoms with E-state index in [1.807, 2.05) is 19.9 Å². The number of carbonyl (C=O) groups excluding carboxylic acids is 1. The van der Waals surface area contributed by atoms with E-state index in [0.29, 0.717) is 24.6 Å². The van der Waals surface area contributed by atoms with E-state index < -0.39 is 11.7 Å². The molecular formula is C14H18FN3O. The zero-order valence-electron chi connectivity index (χ0n) is 11.2. The average Bonchev–Trinajstić information content (AvgIpc) is 2.30. The second-order valence-corrected chi connectivity index (χ2v) is 4.95. The van der Waals surface area contributed by atoms with Gasteiger partial charge >= 0.3 is 0 Å². The molecule has 0 radical (unpaired) electrons. The predicted molar refractivity (Wildman–Crippen MR) is 70.4 cm³/mol. The first kappa shape index (κ1) is 15.1. The first-order valence-electron chi connectivity index (χ1n) is 6.11. The minimum atomic E-state index is -0.435. The minimum absolute atomic E-state index is 0.0949. The van der Waals surface area contributed by atoms with Crippen molar-refractivity contribution in [3.05, 3.63) is 35.1 Å². The van der Waals surface area contributed by atoms with Gasteiger partial charge in [0.2, 0.25) is 5.91 Å². The monoisotopic (exact) mass is 263 g/mol. The van der Waals surface area contributed by atoms with E-state index in [1.165, 1.54) is 6.07 Å². The van der Waals surface area contributed by atoms with Crippen molar-refractivity contribution in [3.8, 4) is 6.07 Å². The Labute approximate surface area is 112 Å². The molecule has 4 nitrogen and oxygen atoms in total. The van der Waals surface area contributed by atoms with Crippen molar-refractivity contribution in [1.29, 1.82) is 5.26 Å². The van der Waals surface area contributed by atoms with Crippen LogP contribution >= 0.6 is 0 Å². The molecule has 2 N–H and O–H groups in total. The van der Waals surface area contributed by atoms with Crippen molar-refractivity contribution in [2.75, 3.05) is 13.1 Å². The van der Waals surface area contributed by atoms with Crippen molar-refractivity contribution in [2.45, 2.75) is 20.4 Å². The summed E-state index contributed by atoms with van der Waals surface area (Å²) in [6.45, 7) is 5.09. The highest BCUT2D eigenvalue weighted by atomic mass is 19.1. The number of carbonyl (C=O) groups is 1. The summed E-state index contributed by atoms with van der Waals surface area (Å²) in [6.07, 6.45) is 0. The van der Waals surface area contributed by atoms with Gasteiger partial charge in [-0.3, -0.25) is 9.69 Å². The smallest absolute Gasteiger partial charge is 0.231 e. The minimum Gasteiger partial charge on any atom is -0.369 e. The number of hydrogen-bond donors (Lipinski definition) is 1. The van der Waals surface area contributed by atoms with Gasteiger partial charge < -0.3 is 5.73 Å². The summed E-state index contributed by atoms with van der Waals surface area (Å²) in [7, 11) is 0. The largest absolute Gasteiger partial charge is 0.369 e. The molecule has 19 heavy (non-hydrogen) atoms. The number of hydrogen-bond acceptors (Lipinski definition) is 3. The number of primary amides is 1. The first-order valence-corrected chi connectivity index (χ1v) is 6.11. The molecule has 0 saturated heterocycles. The molecule has 1 amide bonds. The lowest BCUT2D eigenvalue weighted by atomic mass is 10.1. The Morgan fingerprint density at radius 3 is 2.68 bits per heavy atom. The van der Waals surface area contributed by atoms with Gasteiger partial charge in [0.15, 0.2) is 0 Å². The van der Waals surface area contributed by atoms with Gasteiger partial charge in [-0.25, -0.2) is 4.39 Å². The van der Waals surface area contributed by atoms with Crippen molar-refractivity contribution in [1.82, 2.24) is 4.90 Å². The van der Waals surface area contributed by atoms with Crippen LogP contribution in [-0.2, 0) is 11.3 Å². The molecule has 1 rings (SSSR count). The van der Waals surface area contributed by atoms with Crippen LogP contribution in [0, 0.1) is 23.1 Å². The van der Waals surface area contributed by atoms with Crippen LogP contribution in [0.5, 0.6) is 0 Å². The molecule has 5 heteroatoms. The third-order valence-electron chi connectivity index (χ3n) is 2.58. The fraction of sp³-hybridized carbons (Fsp3) is 0.429. The summed E-state index contributed by atoms with van der Waals surface area (Å²) in [5, 5.41) is 8.68. The van der Waals surface area contributed by atoms with E-state index in [0.717, 1.165) is 0 Å². The average molecular weight is 263 g/mol. The number of amides is 1. The Morgan fingerprint density at radius 1 is 1.53 bits per heavy atom. The summed E-state index contributed by atoms with van der Waals surface area (Å²) in [5.41, 5.74) is 5.93. The molecular weight excluding hydrogens is 245 g/mol. The van der Waals surface area contributed by atoms with Crippen molar-refractivity contribution in [2.24, 2.45) is 11.7 Å². The maximum Gasteiger partial charge on any atom is 0.231 e. The van der Waals surface area contributed by atoms with Gasteiger partial charge in [0.05, 0.1) is 18.2 Å². The number of nitrogens with two attached hydrogens (primary N) is 1. The number of halogens is 1. The molecule has 0 saturated carbocycles. The van der Waals surface area contributed by atoms with E-state index >= 15 is 0 Å². The summed E-state index contributed by atoms with van der Waals surface area (Å²) < 4.78 is 13.8. The Morgan fingerprint density at radius 2 is 2.21 bits per heavy atom. The van der Waals surface area contributed by atoms with Crippen LogP contribution < -0.4 is 5.73 Å². The zero-order valence-corrected chi connectivity index (χ0v) is 11.2. The quantitative estimate of drug-likeness (QED) is 0.848. The fourth-order valence-electron chi connectivity index (χ4n) is 1.91. The van der Waals surface area contributed by atoms with Crippen molar-refractivity contribution in [3.63, 3.8) is 0 Å². The third-order valence-corrected chi connectivity index (χ3v) is 2.58.